The second-order valence-corrected chi connectivity index (χ2v) is 13.6. The number of nitrogens with zero attached hydrogens (tertiary/aromatic N) is 2. The summed E-state index contributed by atoms with van der Waals surface area (Å²) >= 11 is 0. The number of likely N-dealkylation sites (tertiary alicyclic amines) is 1. The number of hydrogen-bond donors (Lipinski definition) is 0. The van der Waals surface area contributed by atoms with Gasteiger partial charge in [0.1, 0.15) is 11.9 Å². The van der Waals surface area contributed by atoms with E-state index in [1.165, 1.54) is 16.7 Å². The third-order valence-corrected chi connectivity index (χ3v) is 10.5. The fraction of sp³-hybridized carbons (Fsp3) is 0.611. The van der Waals surface area contributed by atoms with Crippen LogP contribution in [0.3, 0.4) is 0 Å². The Labute approximate surface area is 251 Å². The zero-order valence-electron chi connectivity index (χ0n) is 25.9. The number of hydrogen-bond acceptors (Lipinski definition) is 5. The molecule has 2 bridgehead atoms. The first-order valence-corrected chi connectivity index (χ1v) is 16.3. The number of carbonyl (C=O) groups is 2. The molecular weight excluding hydrogens is 524 g/mol. The van der Waals surface area contributed by atoms with Crippen molar-refractivity contribution in [2.45, 2.75) is 102 Å². The Bertz CT molecular complexity index is 1290. The normalized spacial score (nSPS) is 27.4. The molecule has 2 aromatic carbocycles. The molecule has 5 atom stereocenters. The smallest absolute Gasteiger partial charge is 0.222 e. The topological polar surface area (TPSA) is 59.1 Å². The van der Waals surface area contributed by atoms with Gasteiger partial charge in [-0.2, -0.15) is 0 Å². The van der Waals surface area contributed by atoms with Crippen LogP contribution in [0.2, 0.25) is 0 Å². The highest BCUT2D eigenvalue weighted by atomic mass is 16.5. The molecule has 2 aliphatic heterocycles. The van der Waals surface area contributed by atoms with Crippen LogP contribution in [0.1, 0.15) is 82.4 Å². The van der Waals surface area contributed by atoms with Crippen LogP contribution < -0.4 is 9.47 Å². The van der Waals surface area contributed by atoms with Crippen LogP contribution in [-0.2, 0) is 27.8 Å². The van der Waals surface area contributed by atoms with Crippen molar-refractivity contribution in [3.05, 3.63) is 59.2 Å². The number of aryl methyl sites for hydroxylation is 1. The van der Waals surface area contributed by atoms with Crippen LogP contribution in [-0.4, -0.2) is 66.4 Å². The van der Waals surface area contributed by atoms with Gasteiger partial charge < -0.3 is 14.4 Å². The molecule has 1 amide bonds. The third-order valence-electron chi connectivity index (χ3n) is 10.5. The van der Waals surface area contributed by atoms with Crippen molar-refractivity contribution in [3.63, 3.8) is 0 Å². The average Bonchev–Trinajstić information content (AvgIpc) is 3.32. The highest BCUT2D eigenvalue weighted by Gasteiger charge is 2.66. The lowest BCUT2D eigenvalue weighted by Crippen LogP contribution is -2.69. The Hall–Kier alpha value is -2.86. The van der Waals surface area contributed by atoms with Gasteiger partial charge >= 0.3 is 0 Å². The number of rotatable bonds is 12. The van der Waals surface area contributed by atoms with Crippen molar-refractivity contribution in [3.8, 4) is 11.5 Å². The van der Waals surface area contributed by atoms with E-state index in [9.17, 15) is 9.59 Å². The number of Topliss-reactive ketones (excluding diaryl/α,β-unsaturated/α-hetero) is 1. The summed E-state index contributed by atoms with van der Waals surface area (Å²) in [5, 5.41) is 0. The van der Waals surface area contributed by atoms with Gasteiger partial charge in [-0.15, -0.1) is 0 Å². The Morgan fingerprint density at radius 2 is 1.90 bits per heavy atom. The maximum Gasteiger partial charge on any atom is 0.222 e. The number of amides is 1. The molecule has 4 aliphatic rings. The summed E-state index contributed by atoms with van der Waals surface area (Å²) in [5.74, 6) is 3.02. The van der Waals surface area contributed by atoms with Crippen LogP contribution in [0.5, 0.6) is 11.5 Å². The van der Waals surface area contributed by atoms with E-state index in [0.29, 0.717) is 30.8 Å². The fourth-order valence-corrected chi connectivity index (χ4v) is 8.94. The second-order valence-electron chi connectivity index (χ2n) is 13.6. The standard InChI is InChI=1S/C36H48N2O4/c1-24(2)22-38(32(40)14-10-6-9-13-26-11-7-5-8-12-26)29-17-16-28-30-21-27-15-18-31(41-4)34-33(27)36(28,35(29)42-34)19-20-37(30)23-25(3)39/h5,7-8,11-12,15,18,24,28-30,35H,6,9-10,13-14,16-17,19-23H2,1-4H3/t28-,29-,30+,35-,36-/m0/s1. The lowest BCUT2D eigenvalue weighted by atomic mass is 9.51. The fourth-order valence-electron chi connectivity index (χ4n) is 8.94. The summed E-state index contributed by atoms with van der Waals surface area (Å²) in [6.07, 6.45) is 8.58. The van der Waals surface area contributed by atoms with E-state index in [1.54, 1.807) is 14.0 Å². The quantitative estimate of drug-likeness (QED) is 0.293. The van der Waals surface area contributed by atoms with E-state index in [-0.39, 0.29) is 29.3 Å². The van der Waals surface area contributed by atoms with Gasteiger partial charge in [0.15, 0.2) is 11.5 Å². The van der Waals surface area contributed by atoms with Gasteiger partial charge in [-0.1, -0.05) is 56.7 Å². The minimum atomic E-state index is -0.135. The number of methoxy groups -OCH3 is 1. The van der Waals surface area contributed by atoms with E-state index >= 15 is 0 Å². The van der Waals surface area contributed by atoms with Gasteiger partial charge in [0, 0.05) is 30.0 Å². The Morgan fingerprint density at radius 1 is 1.10 bits per heavy atom. The molecule has 2 heterocycles. The summed E-state index contributed by atoms with van der Waals surface area (Å²) in [4.78, 5) is 30.9. The van der Waals surface area contributed by atoms with E-state index in [1.807, 2.05) is 0 Å². The lowest BCUT2D eigenvalue weighted by molar-refractivity contribution is -0.144. The molecule has 42 heavy (non-hydrogen) atoms. The highest BCUT2D eigenvalue weighted by molar-refractivity contribution is 5.78. The predicted molar refractivity (Wildman–Crippen MR) is 165 cm³/mol. The summed E-state index contributed by atoms with van der Waals surface area (Å²) in [5.41, 5.74) is 3.92. The molecule has 6 heteroatoms. The molecule has 0 N–H and O–H groups in total. The molecule has 2 fully saturated rings. The van der Waals surface area contributed by atoms with E-state index < -0.39 is 0 Å². The summed E-state index contributed by atoms with van der Waals surface area (Å²) < 4.78 is 12.9. The van der Waals surface area contributed by atoms with Crippen LogP contribution in [0, 0.1) is 11.8 Å². The molecule has 1 spiro atoms. The summed E-state index contributed by atoms with van der Waals surface area (Å²) in [7, 11) is 1.73. The monoisotopic (exact) mass is 572 g/mol. The number of ketones is 1. The van der Waals surface area contributed by atoms with Gasteiger partial charge in [0.05, 0.1) is 19.7 Å². The van der Waals surface area contributed by atoms with Crippen molar-refractivity contribution in [1.29, 1.82) is 0 Å². The van der Waals surface area contributed by atoms with Crippen molar-refractivity contribution in [1.82, 2.24) is 9.80 Å². The summed E-state index contributed by atoms with van der Waals surface area (Å²) in [6.45, 7) is 8.31. The minimum Gasteiger partial charge on any atom is -0.493 e. The first-order valence-electron chi connectivity index (χ1n) is 16.3. The average molecular weight is 573 g/mol. The first kappa shape index (κ1) is 29.2. The van der Waals surface area contributed by atoms with Crippen molar-refractivity contribution in [2.24, 2.45) is 11.8 Å². The van der Waals surface area contributed by atoms with E-state index in [0.717, 1.165) is 76.0 Å². The molecule has 1 saturated heterocycles. The maximum absolute atomic E-state index is 14.0. The van der Waals surface area contributed by atoms with Crippen LogP contribution in [0.4, 0.5) is 0 Å². The van der Waals surface area contributed by atoms with E-state index in [2.05, 4.69) is 66.1 Å². The Balaban J connectivity index is 1.25. The molecule has 2 aliphatic carbocycles. The molecular formula is C36H48N2O4. The molecule has 6 nitrogen and oxygen atoms in total. The number of piperidine rings is 1. The Morgan fingerprint density at radius 3 is 2.64 bits per heavy atom. The number of carbonyl (C=O) groups excluding carboxylic acids is 2. The van der Waals surface area contributed by atoms with Crippen molar-refractivity contribution < 1.29 is 19.1 Å². The van der Waals surface area contributed by atoms with Gasteiger partial charge in [-0.25, -0.2) is 0 Å². The molecule has 6 rings (SSSR count). The molecule has 0 radical (unpaired) electrons. The van der Waals surface area contributed by atoms with Gasteiger partial charge in [-0.05, 0) is 87.4 Å². The van der Waals surface area contributed by atoms with Gasteiger partial charge in [-0.3, -0.25) is 14.5 Å². The first-order chi connectivity index (χ1) is 20.3. The van der Waals surface area contributed by atoms with E-state index in [4.69, 9.17) is 9.47 Å². The molecule has 1 saturated carbocycles. The number of unbranched alkanes of at least 4 members (excludes halogenated alkanes) is 2. The molecule has 2 aromatic rings. The largest absolute Gasteiger partial charge is 0.493 e. The van der Waals surface area contributed by atoms with Crippen molar-refractivity contribution in [2.75, 3.05) is 26.7 Å². The van der Waals surface area contributed by atoms with Crippen molar-refractivity contribution >= 4 is 11.7 Å². The zero-order valence-corrected chi connectivity index (χ0v) is 25.9. The third kappa shape index (κ3) is 5.14. The van der Waals surface area contributed by atoms with Crippen LogP contribution >= 0.6 is 0 Å². The summed E-state index contributed by atoms with van der Waals surface area (Å²) in [6, 6.07) is 15.3. The van der Waals surface area contributed by atoms with Crippen LogP contribution in [0.25, 0.3) is 0 Å². The second kappa shape index (κ2) is 12.0. The Kier molecular flexibility index (Phi) is 8.37. The van der Waals surface area contributed by atoms with Crippen LogP contribution in [0.15, 0.2) is 42.5 Å². The highest BCUT2D eigenvalue weighted by Crippen LogP contribution is 2.64. The maximum atomic E-state index is 14.0. The van der Waals surface area contributed by atoms with Gasteiger partial charge in [0.2, 0.25) is 5.91 Å². The SMILES string of the molecule is COc1ccc2c3c1O[C@H]1[C@@H](N(CC(C)C)C(=O)CCCCCc4ccccc4)CC[C@H]4[C@@H](C2)N(CC(C)=O)CC[C@@]341. The minimum absolute atomic E-state index is 0.0449. The van der Waals surface area contributed by atoms with Gasteiger partial charge in [0.25, 0.3) is 0 Å². The zero-order chi connectivity index (χ0) is 29.4. The number of ether oxygens (including phenoxy) is 2. The predicted octanol–water partition coefficient (Wildman–Crippen LogP) is 5.98. The molecule has 0 unspecified atom stereocenters. The molecule has 226 valence electrons. The lowest BCUT2D eigenvalue weighted by Gasteiger charge is -2.60. The molecule has 0 aromatic heterocycles. The number of benzene rings is 2.